The van der Waals surface area contributed by atoms with Crippen molar-refractivity contribution in [3.8, 4) is 0 Å². The molecule has 1 rings (SSSR count). The minimum atomic E-state index is 0.106. The Morgan fingerprint density at radius 2 is 0.952 bits per heavy atom. The van der Waals surface area contributed by atoms with E-state index in [2.05, 4.69) is 79.9 Å². The quantitative estimate of drug-likeness (QED) is 0.800. The zero-order valence-electron chi connectivity index (χ0n) is 15.9. The third kappa shape index (κ3) is 4.20. The van der Waals surface area contributed by atoms with Gasteiger partial charge in [0.25, 0.3) is 0 Å². The second-order valence-corrected chi connectivity index (χ2v) is 8.79. The van der Waals surface area contributed by atoms with E-state index >= 15 is 0 Å². The minimum absolute atomic E-state index is 0.106. The van der Waals surface area contributed by atoms with Gasteiger partial charge in [0, 0.05) is 29.6 Å². The fourth-order valence-electron chi connectivity index (χ4n) is 2.99. The minimum Gasteiger partial charge on any atom is -0.311 e. The van der Waals surface area contributed by atoms with Crippen molar-refractivity contribution >= 4 is 0 Å². The van der Waals surface area contributed by atoms with Gasteiger partial charge in [-0.15, -0.1) is 0 Å². The number of allylic oxidation sites excluding steroid dienone is 2. The van der Waals surface area contributed by atoms with Crippen LogP contribution in [0.5, 0.6) is 0 Å². The summed E-state index contributed by atoms with van der Waals surface area (Å²) < 4.78 is 0. The average molecular weight is 293 g/mol. The largest absolute Gasteiger partial charge is 0.311 e. The van der Waals surface area contributed by atoms with Crippen LogP contribution in [-0.2, 0) is 0 Å². The molecule has 0 atom stereocenters. The molecule has 0 aliphatic heterocycles. The monoisotopic (exact) mass is 292 g/mol. The lowest BCUT2D eigenvalue weighted by atomic mass is 9.76. The van der Waals surface area contributed by atoms with Gasteiger partial charge in [0.15, 0.2) is 0 Å². The summed E-state index contributed by atoms with van der Waals surface area (Å²) >= 11 is 0. The van der Waals surface area contributed by atoms with Crippen LogP contribution in [0.25, 0.3) is 0 Å². The molecule has 0 saturated carbocycles. The smallest absolute Gasteiger partial charge is 0.0376 e. The lowest BCUT2D eigenvalue weighted by molar-refractivity contribution is 0.287. The molecular formula is C19H36N2. The maximum absolute atomic E-state index is 3.73. The Bertz CT molecular complexity index is 409. The topological polar surface area (TPSA) is 24.1 Å². The Kier molecular flexibility index (Phi) is 5.17. The maximum Gasteiger partial charge on any atom is 0.0376 e. The Labute approximate surface area is 132 Å². The van der Waals surface area contributed by atoms with Gasteiger partial charge in [-0.3, -0.25) is 0 Å². The van der Waals surface area contributed by atoms with Crippen molar-refractivity contribution in [3.63, 3.8) is 0 Å². The third-order valence-electron chi connectivity index (χ3n) is 4.96. The molecule has 0 unspecified atom stereocenters. The van der Waals surface area contributed by atoms with E-state index in [4.69, 9.17) is 0 Å². The summed E-state index contributed by atoms with van der Waals surface area (Å²) in [5, 5.41) is 7.47. The molecular weight excluding hydrogens is 256 g/mol. The normalized spacial score (nSPS) is 19.7. The highest BCUT2D eigenvalue weighted by Crippen LogP contribution is 2.46. The van der Waals surface area contributed by atoms with Crippen molar-refractivity contribution in [1.29, 1.82) is 0 Å². The van der Waals surface area contributed by atoms with Crippen LogP contribution in [0.15, 0.2) is 22.3 Å². The SMILES string of the molecule is CC1=C(C)C(CNC(C)(C)C)(CNC(C)(C)C)C(C)=C1C. The fourth-order valence-corrected chi connectivity index (χ4v) is 2.99. The average Bonchev–Trinajstić information content (AvgIpc) is 2.47. The van der Waals surface area contributed by atoms with Crippen LogP contribution >= 0.6 is 0 Å². The lowest BCUT2D eigenvalue weighted by Crippen LogP contribution is -2.51. The van der Waals surface area contributed by atoms with Crippen molar-refractivity contribution in [2.24, 2.45) is 5.41 Å². The van der Waals surface area contributed by atoms with E-state index in [1.807, 2.05) is 0 Å². The molecule has 0 aromatic heterocycles. The first-order valence-electron chi connectivity index (χ1n) is 8.16. The van der Waals surface area contributed by atoms with Gasteiger partial charge in [0.05, 0.1) is 0 Å². The van der Waals surface area contributed by atoms with E-state index < -0.39 is 0 Å². The van der Waals surface area contributed by atoms with Gasteiger partial charge in [-0.1, -0.05) is 11.1 Å². The molecule has 2 N–H and O–H groups in total. The Balaban J connectivity index is 3.13. The maximum atomic E-state index is 3.73. The first-order chi connectivity index (χ1) is 9.30. The molecule has 0 spiro atoms. The van der Waals surface area contributed by atoms with Crippen LogP contribution < -0.4 is 10.6 Å². The van der Waals surface area contributed by atoms with Crippen LogP contribution in [0.2, 0.25) is 0 Å². The van der Waals surface area contributed by atoms with E-state index in [1.165, 1.54) is 22.3 Å². The molecule has 1 aliphatic rings. The fraction of sp³-hybridized carbons (Fsp3) is 0.789. The molecule has 0 aromatic carbocycles. The Morgan fingerprint density at radius 3 is 1.19 bits per heavy atom. The number of hydrogen-bond donors (Lipinski definition) is 2. The zero-order valence-corrected chi connectivity index (χ0v) is 15.9. The van der Waals surface area contributed by atoms with Gasteiger partial charge in [-0.25, -0.2) is 0 Å². The Hall–Kier alpha value is -0.600. The second-order valence-electron chi connectivity index (χ2n) is 8.79. The molecule has 0 heterocycles. The van der Waals surface area contributed by atoms with E-state index in [9.17, 15) is 0 Å². The van der Waals surface area contributed by atoms with Gasteiger partial charge in [-0.05, 0) is 80.4 Å². The van der Waals surface area contributed by atoms with Crippen molar-refractivity contribution in [1.82, 2.24) is 10.6 Å². The standard InChI is InChI=1S/C19H36N2/c1-13-14(2)16(4)19(15(13)3,11-20-17(5,6)7)12-21-18(8,9)10/h20-21H,11-12H2,1-10H3. The third-order valence-corrected chi connectivity index (χ3v) is 4.96. The van der Waals surface area contributed by atoms with Gasteiger partial charge in [0.1, 0.15) is 0 Å². The predicted molar refractivity (Wildman–Crippen MR) is 94.7 cm³/mol. The summed E-state index contributed by atoms with van der Waals surface area (Å²) in [6.07, 6.45) is 0. The molecule has 122 valence electrons. The van der Waals surface area contributed by atoms with E-state index in [-0.39, 0.29) is 16.5 Å². The van der Waals surface area contributed by atoms with Crippen LogP contribution in [0.4, 0.5) is 0 Å². The first-order valence-corrected chi connectivity index (χ1v) is 8.16. The molecule has 0 fully saturated rings. The predicted octanol–water partition coefficient (Wildman–Crippen LogP) is 4.44. The van der Waals surface area contributed by atoms with Crippen molar-refractivity contribution in [3.05, 3.63) is 22.3 Å². The molecule has 0 bridgehead atoms. The number of hydrogen-bond acceptors (Lipinski definition) is 2. The lowest BCUT2D eigenvalue weighted by Gasteiger charge is -2.39. The number of rotatable bonds is 4. The molecule has 0 radical (unpaired) electrons. The van der Waals surface area contributed by atoms with Gasteiger partial charge in [-0.2, -0.15) is 0 Å². The van der Waals surface area contributed by atoms with Gasteiger partial charge < -0.3 is 10.6 Å². The summed E-state index contributed by atoms with van der Waals surface area (Å²) in [4.78, 5) is 0. The second kappa shape index (κ2) is 5.89. The summed E-state index contributed by atoms with van der Waals surface area (Å²) in [7, 11) is 0. The van der Waals surface area contributed by atoms with Gasteiger partial charge >= 0.3 is 0 Å². The van der Waals surface area contributed by atoms with Crippen LogP contribution in [-0.4, -0.2) is 24.2 Å². The zero-order chi connectivity index (χ0) is 16.6. The van der Waals surface area contributed by atoms with Crippen molar-refractivity contribution in [2.75, 3.05) is 13.1 Å². The van der Waals surface area contributed by atoms with Crippen LogP contribution in [0.3, 0.4) is 0 Å². The van der Waals surface area contributed by atoms with Crippen molar-refractivity contribution in [2.45, 2.75) is 80.3 Å². The highest BCUT2D eigenvalue weighted by atomic mass is 15.0. The van der Waals surface area contributed by atoms with Gasteiger partial charge in [0.2, 0.25) is 0 Å². The summed E-state index contributed by atoms with van der Waals surface area (Å²) in [5.41, 5.74) is 6.36. The molecule has 0 amide bonds. The highest BCUT2D eigenvalue weighted by molar-refractivity contribution is 5.51. The first kappa shape index (κ1) is 18.4. The van der Waals surface area contributed by atoms with Crippen LogP contribution in [0, 0.1) is 5.41 Å². The number of nitrogens with one attached hydrogen (secondary N) is 2. The molecule has 2 nitrogen and oxygen atoms in total. The Morgan fingerprint density at radius 1 is 0.667 bits per heavy atom. The van der Waals surface area contributed by atoms with E-state index in [0.29, 0.717) is 0 Å². The summed E-state index contributed by atoms with van der Waals surface area (Å²) in [6.45, 7) is 24.6. The van der Waals surface area contributed by atoms with Crippen molar-refractivity contribution < 1.29 is 0 Å². The van der Waals surface area contributed by atoms with E-state index in [1.54, 1.807) is 0 Å². The molecule has 0 aromatic rings. The highest BCUT2D eigenvalue weighted by Gasteiger charge is 2.41. The molecule has 1 aliphatic carbocycles. The van der Waals surface area contributed by atoms with E-state index in [0.717, 1.165) is 13.1 Å². The molecule has 21 heavy (non-hydrogen) atoms. The molecule has 2 heteroatoms. The molecule has 0 saturated heterocycles. The summed E-state index contributed by atoms with van der Waals surface area (Å²) in [6, 6.07) is 0. The van der Waals surface area contributed by atoms with Crippen LogP contribution in [0.1, 0.15) is 69.2 Å². The summed E-state index contributed by atoms with van der Waals surface area (Å²) in [5.74, 6) is 0.